The predicted octanol–water partition coefficient (Wildman–Crippen LogP) is 2.13. The van der Waals surface area contributed by atoms with Crippen molar-refractivity contribution in [3.63, 3.8) is 0 Å². The van der Waals surface area contributed by atoms with E-state index >= 15 is 0 Å². The van der Waals surface area contributed by atoms with Gasteiger partial charge in [-0.25, -0.2) is 0 Å². The molecule has 0 aromatic heterocycles. The molecule has 1 unspecified atom stereocenters. The van der Waals surface area contributed by atoms with Crippen LogP contribution in [0.2, 0.25) is 0 Å². The van der Waals surface area contributed by atoms with Gasteiger partial charge in [-0.3, -0.25) is 0 Å². The van der Waals surface area contributed by atoms with Gasteiger partial charge < -0.3 is 10.6 Å². The predicted molar refractivity (Wildman–Crippen MR) is 70.6 cm³/mol. The zero-order chi connectivity index (χ0) is 12.1. The Kier molecular flexibility index (Phi) is 5.69. The molecule has 0 bridgehead atoms. The molecule has 0 rings (SSSR count). The van der Waals surface area contributed by atoms with E-state index in [1.807, 2.05) is 13.8 Å². The Labute approximate surface area is 102 Å². The Morgan fingerprint density at radius 2 is 1.73 bits per heavy atom. The second kappa shape index (κ2) is 5.99. The van der Waals surface area contributed by atoms with E-state index in [-0.39, 0.29) is 5.92 Å². The van der Waals surface area contributed by atoms with Crippen molar-refractivity contribution in [2.24, 2.45) is 5.92 Å². The van der Waals surface area contributed by atoms with Crippen LogP contribution in [-0.4, -0.2) is 15.6 Å². The number of nitrogens with zero attached hydrogens (tertiary/aromatic N) is 1. The summed E-state index contributed by atoms with van der Waals surface area (Å²) >= 11 is 9.97. The summed E-state index contributed by atoms with van der Waals surface area (Å²) < 4.78 is 0. The van der Waals surface area contributed by atoms with Gasteiger partial charge in [-0.05, 0) is 20.3 Å². The first-order valence-corrected chi connectivity index (χ1v) is 5.68. The van der Waals surface area contributed by atoms with Crippen LogP contribution in [0.15, 0.2) is 0 Å². The molecule has 2 N–H and O–H groups in total. The Morgan fingerprint density at radius 3 is 1.93 bits per heavy atom. The van der Waals surface area contributed by atoms with Gasteiger partial charge in [0.1, 0.15) is 6.07 Å². The molecule has 0 spiro atoms. The number of hydrogen-bond donors (Lipinski definition) is 2. The lowest BCUT2D eigenvalue weighted by molar-refractivity contribution is 0.303. The molecule has 5 heteroatoms. The van der Waals surface area contributed by atoms with Gasteiger partial charge in [0.15, 0.2) is 0 Å². The molecule has 0 saturated carbocycles. The van der Waals surface area contributed by atoms with Crippen LogP contribution in [0.4, 0.5) is 0 Å². The fraction of sp³-hybridized carbons (Fsp3) is 0.700. The maximum absolute atomic E-state index is 9.28. The van der Waals surface area contributed by atoms with E-state index in [0.29, 0.717) is 9.98 Å². The molecule has 0 aromatic rings. The lowest BCUT2D eigenvalue weighted by Gasteiger charge is -2.35. The first-order valence-electron chi connectivity index (χ1n) is 4.86. The average molecular weight is 243 g/mol. The van der Waals surface area contributed by atoms with Crippen LogP contribution in [0.5, 0.6) is 0 Å². The Bertz CT molecular complexity index is 278. The summed E-state index contributed by atoms with van der Waals surface area (Å²) in [5, 5.41) is 15.3. The van der Waals surface area contributed by atoms with Gasteiger partial charge >= 0.3 is 0 Å². The first kappa shape index (κ1) is 14.3. The summed E-state index contributed by atoms with van der Waals surface area (Å²) in [4.78, 5) is 1.17. The molecule has 0 aliphatic heterocycles. The lowest BCUT2D eigenvalue weighted by atomic mass is 9.92. The highest BCUT2D eigenvalue weighted by molar-refractivity contribution is 7.80. The molecule has 0 saturated heterocycles. The van der Waals surface area contributed by atoms with E-state index in [2.05, 4.69) is 16.7 Å². The molecule has 3 nitrogen and oxygen atoms in total. The smallest absolute Gasteiger partial charge is 0.201 e. The highest BCUT2D eigenvalue weighted by Gasteiger charge is 2.35. The van der Waals surface area contributed by atoms with Crippen LogP contribution in [0.3, 0.4) is 0 Å². The van der Waals surface area contributed by atoms with Gasteiger partial charge in [0.05, 0.1) is 9.98 Å². The second-order valence-corrected chi connectivity index (χ2v) is 4.82. The third-order valence-electron chi connectivity index (χ3n) is 2.27. The van der Waals surface area contributed by atoms with E-state index in [1.165, 1.54) is 0 Å². The minimum Gasteiger partial charge on any atom is -0.346 e. The van der Waals surface area contributed by atoms with Crippen molar-refractivity contribution in [3.05, 3.63) is 0 Å². The largest absolute Gasteiger partial charge is 0.346 e. The summed E-state index contributed by atoms with van der Waals surface area (Å²) in [6.45, 7) is 7.52. The zero-order valence-electron chi connectivity index (χ0n) is 9.55. The van der Waals surface area contributed by atoms with Crippen molar-refractivity contribution >= 4 is 34.4 Å². The zero-order valence-corrected chi connectivity index (χ0v) is 11.2. The fourth-order valence-electron chi connectivity index (χ4n) is 1.31. The molecule has 0 heterocycles. The van der Waals surface area contributed by atoms with Crippen LogP contribution in [0.25, 0.3) is 0 Å². The summed E-state index contributed by atoms with van der Waals surface area (Å²) in [5.41, 5.74) is -0.883. The van der Waals surface area contributed by atoms with E-state index < -0.39 is 5.66 Å². The van der Waals surface area contributed by atoms with Crippen molar-refractivity contribution < 1.29 is 0 Å². The van der Waals surface area contributed by atoms with Crippen molar-refractivity contribution in [1.82, 2.24) is 10.6 Å². The molecule has 0 radical (unpaired) electrons. The van der Waals surface area contributed by atoms with Crippen LogP contribution in [0, 0.1) is 17.2 Å². The molecule has 84 valence electrons. The number of rotatable bonds is 4. The molecule has 15 heavy (non-hydrogen) atoms. The van der Waals surface area contributed by atoms with Crippen LogP contribution in [-0.2, 0) is 0 Å². The molecular formula is C10H17N3S2. The molecule has 0 aromatic carbocycles. The fourth-order valence-corrected chi connectivity index (χ4v) is 1.63. The number of nitriles is 1. The summed E-state index contributed by atoms with van der Waals surface area (Å²) in [6, 6.07) is 2.23. The van der Waals surface area contributed by atoms with E-state index in [9.17, 15) is 5.26 Å². The van der Waals surface area contributed by atoms with E-state index in [0.717, 1.165) is 6.42 Å². The quantitative estimate of drug-likeness (QED) is 0.585. The molecule has 0 aliphatic rings. The highest BCUT2D eigenvalue weighted by Crippen LogP contribution is 2.17. The third-order valence-corrected chi connectivity index (χ3v) is 2.48. The third kappa shape index (κ3) is 4.10. The SMILES string of the molecule is CCC(C)C(C#N)(NC(C)=S)NC(C)=S. The maximum atomic E-state index is 9.28. The second-order valence-electron chi connectivity index (χ2n) is 3.59. The van der Waals surface area contributed by atoms with Gasteiger partial charge in [-0.15, -0.1) is 0 Å². The average Bonchev–Trinajstić information content (AvgIpc) is 2.13. The van der Waals surface area contributed by atoms with Crippen LogP contribution < -0.4 is 10.6 Å². The summed E-state index contributed by atoms with van der Waals surface area (Å²) in [7, 11) is 0. The molecule has 0 fully saturated rings. The normalized spacial score (nSPS) is 12.5. The van der Waals surface area contributed by atoms with Crippen molar-refractivity contribution in [3.8, 4) is 6.07 Å². The van der Waals surface area contributed by atoms with Gasteiger partial charge in [0, 0.05) is 5.92 Å². The van der Waals surface area contributed by atoms with Gasteiger partial charge in [-0.2, -0.15) is 5.26 Å². The first-order chi connectivity index (χ1) is 6.88. The number of thiocarbonyl (C=S) groups is 2. The standard InChI is InChI=1S/C10H17N3S2/c1-5-7(2)10(6-11,12-8(3)14)13-9(4)15/h7H,5H2,1-4H3,(H,12,14)(H,13,15). The van der Waals surface area contributed by atoms with Crippen molar-refractivity contribution in [2.45, 2.75) is 39.8 Å². The van der Waals surface area contributed by atoms with E-state index in [4.69, 9.17) is 24.4 Å². The molecule has 1 atom stereocenters. The topological polar surface area (TPSA) is 47.9 Å². The van der Waals surface area contributed by atoms with Crippen LogP contribution in [0.1, 0.15) is 34.1 Å². The van der Waals surface area contributed by atoms with E-state index in [1.54, 1.807) is 13.8 Å². The minimum atomic E-state index is -0.883. The van der Waals surface area contributed by atoms with Gasteiger partial charge in [0.25, 0.3) is 0 Å². The Morgan fingerprint density at radius 1 is 1.33 bits per heavy atom. The van der Waals surface area contributed by atoms with Gasteiger partial charge in [0.2, 0.25) is 5.66 Å². The summed E-state index contributed by atoms with van der Waals surface area (Å²) in [6.07, 6.45) is 0.860. The monoisotopic (exact) mass is 243 g/mol. The highest BCUT2D eigenvalue weighted by atomic mass is 32.1. The van der Waals surface area contributed by atoms with Gasteiger partial charge in [-0.1, -0.05) is 38.3 Å². The van der Waals surface area contributed by atoms with Crippen LogP contribution >= 0.6 is 24.4 Å². The summed E-state index contributed by atoms with van der Waals surface area (Å²) in [5.74, 6) is 0.110. The molecule has 0 aliphatic carbocycles. The maximum Gasteiger partial charge on any atom is 0.201 e. The lowest BCUT2D eigenvalue weighted by Crippen LogP contribution is -2.62. The minimum absolute atomic E-state index is 0.110. The van der Waals surface area contributed by atoms with Crippen molar-refractivity contribution in [2.75, 3.05) is 0 Å². The molecular weight excluding hydrogens is 226 g/mol. The van der Waals surface area contributed by atoms with Crippen molar-refractivity contribution in [1.29, 1.82) is 5.26 Å². The number of hydrogen-bond acceptors (Lipinski definition) is 3. The Balaban J connectivity index is 5.02. The molecule has 0 amide bonds. The Hall–Kier alpha value is -0.730. The number of nitrogens with one attached hydrogen (secondary N) is 2.